The van der Waals surface area contributed by atoms with Crippen molar-refractivity contribution in [2.45, 2.75) is 5.88 Å². The van der Waals surface area contributed by atoms with Crippen molar-refractivity contribution >= 4 is 60.9 Å². The quantitative estimate of drug-likeness (QED) is 0.485. The van der Waals surface area contributed by atoms with Crippen LogP contribution < -0.4 is 0 Å². The average molecular weight is 381 g/mol. The highest BCUT2D eigenvalue weighted by molar-refractivity contribution is 14.1. The Morgan fingerprint density at radius 2 is 1.86 bits per heavy atom. The molecule has 72 valence electrons. The molecular weight excluding hydrogens is 374 g/mol. The second kappa shape index (κ2) is 4.37. The number of rotatable bonds is 1. The van der Waals surface area contributed by atoms with E-state index in [1.165, 1.54) is 14.3 Å². The van der Waals surface area contributed by atoms with Crippen LogP contribution in [0.5, 0.6) is 0 Å². The molecule has 0 N–H and O–H groups in total. The summed E-state index contributed by atoms with van der Waals surface area (Å²) in [7, 11) is 0. The maximum atomic E-state index is 5.87. The molecule has 0 saturated carbocycles. The normalized spacial score (nSPS) is 10.8. The zero-order chi connectivity index (χ0) is 10.1. The van der Waals surface area contributed by atoms with Gasteiger partial charge in [-0.2, -0.15) is 0 Å². The zero-order valence-corrected chi connectivity index (χ0v) is 11.7. The van der Waals surface area contributed by atoms with Gasteiger partial charge in [-0.25, -0.2) is 0 Å². The molecule has 0 heterocycles. The van der Waals surface area contributed by atoms with Crippen LogP contribution in [0.3, 0.4) is 0 Å². The lowest BCUT2D eigenvalue weighted by Gasteiger charge is -2.07. The Balaban J connectivity index is 2.87. The maximum Gasteiger partial charge on any atom is 0.0485 e. The molecule has 0 radical (unpaired) electrons. The van der Waals surface area contributed by atoms with E-state index in [-0.39, 0.29) is 0 Å². The van der Waals surface area contributed by atoms with E-state index in [0.717, 1.165) is 10.0 Å². The van der Waals surface area contributed by atoms with E-state index in [0.29, 0.717) is 5.88 Å². The number of fused-ring (bicyclic) bond motifs is 1. The van der Waals surface area contributed by atoms with Gasteiger partial charge in [0.25, 0.3) is 0 Å². The Kier molecular flexibility index (Phi) is 3.34. The summed E-state index contributed by atoms with van der Waals surface area (Å²) in [5, 5.41) is 2.50. The molecule has 0 aliphatic carbocycles. The molecule has 2 aromatic rings. The van der Waals surface area contributed by atoms with Crippen LogP contribution in [-0.4, -0.2) is 0 Å². The highest BCUT2D eigenvalue weighted by Gasteiger charge is 2.06. The summed E-state index contributed by atoms with van der Waals surface area (Å²) in [6.07, 6.45) is 0. The van der Waals surface area contributed by atoms with Gasteiger partial charge >= 0.3 is 0 Å². The molecule has 0 aromatic heterocycles. The van der Waals surface area contributed by atoms with Crippen LogP contribution in [0.15, 0.2) is 34.8 Å². The van der Waals surface area contributed by atoms with Crippen molar-refractivity contribution in [1.29, 1.82) is 0 Å². The molecule has 14 heavy (non-hydrogen) atoms. The van der Waals surface area contributed by atoms with Gasteiger partial charge in [-0.3, -0.25) is 0 Å². The first-order valence-electron chi connectivity index (χ1n) is 4.15. The van der Waals surface area contributed by atoms with E-state index in [2.05, 4.69) is 62.8 Å². The van der Waals surface area contributed by atoms with Crippen LogP contribution in [0.1, 0.15) is 5.56 Å². The number of halogens is 3. The van der Waals surface area contributed by atoms with Gasteiger partial charge in [0, 0.05) is 13.9 Å². The smallest absolute Gasteiger partial charge is 0.0485 e. The lowest BCUT2D eigenvalue weighted by molar-refractivity contribution is 1.39. The summed E-state index contributed by atoms with van der Waals surface area (Å²) in [6, 6.07) is 10.5. The average Bonchev–Trinajstić information content (AvgIpc) is 2.23. The highest BCUT2D eigenvalue weighted by atomic mass is 127. The minimum atomic E-state index is 0.543. The number of benzene rings is 2. The van der Waals surface area contributed by atoms with Gasteiger partial charge in [-0.15, -0.1) is 11.6 Å². The molecule has 2 rings (SSSR count). The monoisotopic (exact) mass is 380 g/mol. The number of hydrogen-bond donors (Lipinski definition) is 0. The Bertz CT molecular complexity index is 482. The van der Waals surface area contributed by atoms with E-state index in [1.807, 2.05) is 6.07 Å². The standard InChI is InChI=1S/C11H7BrClI/c12-11-7(6-13)5-10(14)8-3-1-2-4-9(8)11/h1-5H,6H2. The van der Waals surface area contributed by atoms with Gasteiger partial charge in [-0.1, -0.05) is 24.3 Å². The summed E-state index contributed by atoms with van der Waals surface area (Å²) in [4.78, 5) is 0. The number of alkyl halides is 1. The largest absolute Gasteiger partial charge is 0.122 e. The van der Waals surface area contributed by atoms with E-state index in [1.54, 1.807) is 0 Å². The fraction of sp³-hybridized carbons (Fsp3) is 0.0909. The summed E-state index contributed by atoms with van der Waals surface area (Å²) >= 11 is 11.8. The van der Waals surface area contributed by atoms with Gasteiger partial charge < -0.3 is 0 Å². The predicted molar refractivity (Wildman–Crippen MR) is 73.9 cm³/mol. The van der Waals surface area contributed by atoms with Crippen LogP contribution in [-0.2, 0) is 5.88 Å². The van der Waals surface area contributed by atoms with Crippen molar-refractivity contribution in [3.8, 4) is 0 Å². The molecule has 0 amide bonds. The second-order valence-corrected chi connectivity index (χ2v) is 5.23. The van der Waals surface area contributed by atoms with Crippen molar-refractivity contribution in [3.05, 3.63) is 43.9 Å². The third kappa shape index (κ3) is 1.79. The van der Waals surface area contributed by atoms with Crippen molar-refractivity contribution in [1.82, 2.24) is 0 Å². The summed E-state index contributed by atoms with van der Waals surface area (Å²) in [5.74, 6) is 0.543. The van der Waals surface area contributed by atoms with Crippen molar-refractivity contribution in [3.63, 3.8) is 0 Å². The Morgan fingerprint density at radius 1 is 1.21 bits per heavy atom. The van der Waals surface area contributed by atoms with Gasteiger partial charge in [0.05, 0.1) is 0 Å². The van der Waals surface area contributed by atoms with E-state index in [4.69, 9.17) is 11.6 Å². The van der Waals surface area contributed by atoms with Gasteiger partial charge in [0.2, 0.25) is 0 Å². The topological polar surface area (TPSA) is 0 Å². The van der Waals surface area contributed by atoms with E-state index in [9.17, 15) is 0 Å². The zero-order valence-electron chi connectivity index (χ0n) is 7.23. The van der Waals surface area contributed by atoms with Crippen molar-refractivity contribution in [2.75, 3.05) is 0 Å². The fourth-order valence-corrected chi connectivity index (χ4v) is 3.27. The maximum absolute atomic E-state index is 5.87. The van der Waals surface area contributed by atoms with Crippen molar-refractivity contribution < 1.29 is 0 Å². The lowest BCUT2D eigenvalue weighted by atomic mass is 10.1. The van der Waals surface area contributed by atoms with Crippen LogP contribution in [0.2, 0.25) is 0 Å². The minimum absolute atomic E-state index is 0.543. The molecule has 0 nitrogen and oxygen atoms in total. The van der Waals surface area contributed by atoms with E-state index >= 15 is 0 Å². The molecule has 3 heteroatoms. The molecule has 0 bridgehead atoms. The summed E-state index contributed by atoms with van der Waals surface area (Å²) in [6.45, 7) is 0. The van der Waals surface area contributed by atoms with Gasteiger partial charge in [0.15, 0.2) is 0 Å². The SMILES string of the molecule is ClCc1cc(I)c2ccccc2c1Br. The third-order valence-corrected chi connectivity index (χ3v) is 4.26. The summed E-state index contributed by atoms with van der Waals surface area (Å²) < 4.78 is 2.36. The van der Waals surface area contributed by atoms with Crippen LogP contribution >= 0.6 is 50.1 Å². The molecule has 0 unspecified atom stereocenters. The third-order valence-electron chi connectivity index (χ3n) is 2.15. The molecule has 0 fully saturated rings. The molecule has 0 saturated heterocycles. The lowest BCUT2D eigenvalue weighted by Crippen LogP contribution is -1.86. The molecule has 0 spiro atoms. The first-order valence-corrected chi connectivity index (χ1v) is 6.56. The molecular formula is C11H7BrClI. The molecule has 0 atom stereocenters. The van der Waals surface area contributed by atoms with Gasteiger partial charge in [-0.05, 0) is 60.9 Å². The molecule has 0 aliphatic heterocycles. The molecule has 2 aromatic carbocycles. The number of hydrogen-bond acceptors (Lipinski definition) is 0. The Hall–Kier alpha value is 0.200. The van der Waals surface area contributed by atoms with Crippen LogP contribution in [0.25, 0.3) is 10.8 Å². The second-order valence-electron chi connectivity index (χ2n) is 3.01. The fourth-order valence-electron chi connectivity index (χ4n) is 1.45. The van der Waals surface area contributed by atoms with Crippen molar-refractivity contribution in [2.24, 2.45) is 0 Å². The van der Waals surface area contributed by atoms with Crippen LogP contribution in [0.4, 0.5) is 0 Å². The Labute approximate surface area is 110 Å². The van der Waals surface area contributed by atoms with Crippen LogP contribution in [0, 0.1) is 3.57 Å². The van der Waals surface area contributed by atoms with Gasteiger partial charge in [0.1, 0.15) is 0 Å². The molecule has 0 aliphatic rings. The highest BCUT2D eigenvalue weighted by Crippen LogP contribution is 2.32. The minimum Gasteiger partial charge on any atom is -0.122 e. The van der Waals surface area contributed by atoms with E-state index < -0.39 is 0 Å². The first-order chi connectivity index (χ1) is 6.74. The Morgan fingerprint density at radius 3 is 2.50 bits per heavy atom. The predicted octanol–water partition coefficient (Wildman–Crippen LogP) is 4.95. The first kappa shape index (κ1) is 10.7. The summed E-state index contributed by atoms with van der Waals surface area (Å²) in [5.41, 5.74) is 1.15.